The fraction of sp³-hybridized carbons (Fsp3) is 0.960. The molecule has 312 valence electrons. The minimum absolute atomic E-state index is 0. The van der Waals surface area contributed by atoms with Crippen molar-refractivity contribution in [3.05, 3.63) is 13.8 Å². The Morgan fingerprint density at radius 3 is 0.373 bits per heavy atom. The normalized spacial score (nSPS) is 11.1. The smallest absolute Gasteiger partial charge is 0.343 e. The summed E-state index contributed by atoms with van der Waals surface area (Å²) in [6.45, 7) is 12.4. The van der Waals surface area contributed by atoms with Crippen LogP contribution in [0.1, 0.15) is 309 Å². The van der Waals surface area contributed by atoms with Crippen molar-refractivity contribution >= 4 is 0 Å². The molecule has 0 amide bonds. The maximum Gasteiger partial charge on any atom is 2.00 e. The zero-order valence-electron chi connectivity index (χ0n) is 36.3. The molecule has 1 heteroatoms. The van der Waals surface area contributed by atoms with Crippen LogP contribution in [0.15, 0.2) is 0 Å². The first kappa shape index (κ1) is 55.8. The van der Waals surface area contributed by atoms with Crippen molar-refractivity contribution in [3.63, 3.8) is 0 Å². The Bertz CT molecular complexity index is 425. The van der Waals surface area contributed by atoms with Gasteiger partial charge in [0.2, 0.25) is 0 Å². The van der Waals surface area contributed by atoms with Crippen LogP contribution in [0.3, 0.4) is 0 Å². The average molecular weight is 762 g/mol. The standard InChI is InChI=1S/2C25H51.Ni/c2*1-3-5-7-9-11-13-15-17-19-21-23-25-24-22-20-18-16-14-12-10-8-6-4-2;/h2*1,3-25H2,2H3;/q2*-1;+2. The van der Waals surface area contributed by atoms with Crippen LogP contribution in [0.5, 0.6) is 0 Å². The van der Waals surface area contributed by atoms with Crippen LogP contribution < -0.4 is 0 Å². The van der Waals surface area contributed by atoms with Gasteiger partial charge in [0.05, 0.1) is 0 Å². The van der Waals surface area contributed by atoms with Crippen molar-refractivity contribution in [2.24, 2.45) is 0 Å². The van der Waals surface area contributed by atoms with Crippen LogP contribution in [0, 0.1) is 13.8 Å². The molecule has 0 unspecified atom stereocenters. The second kappa shape index (κ2) is 57.2. The van der Waals surface area contributed by atoms with Crippen molar-refractivity contribution in [1.82, 2.24) is 0 Å². The third-order valence-electron chi connectivity index (χ3n) is 11.2. The summed E-state index contributed by atoms with van der Waals surface area (Å²) < 4.78 is 0. The summed E-state index contributed by atoms with van der Waals surface area (Å²) in [5.74, 6) is 0. The Labute approximate surface area is 338 Å². The van der Waals surface area contributed by atoms with Crippen molar-refractivity contribution in [3.8, 4) is 0 Å². The minimum Gasteiger partial charge on any atom is -0.343 e. The van der Waals surface area contributed by atoms with Gasteiger partial charge in [-0.05, 0) is 0 Å². The Morgan fingerprint density at radius 1 is 0.176 bits per heavy atom. The fourth-order valence-electron chi connectivity index (χ4n) is 7.57. The zero-order valence-corrected chi connectivity index (χ0v) is 37.2. The molecule has 0 saturated heterocycles. The summed E-state index contributed by atoms with van der Waals surface area (Å²) in [6, 6.07) is 0. The van der Waals surface area contributed by atoms with Gasteiger partial charge < -0.3 is 13.8 Å². The molecule has 0 nitrogen and oxygen atoms in total. The predicted octanol–water partition coefficient (Wildman–Crippen LogP) is 19.6. The summed E-state index contributed by atoms with van der Waals surface area (Å²) in [7, 11) is 0. The van der Waals surface area contributed by atoms with E-state index in [2.05, 4.69) is 27.7 Å². The second-order valence-corrected chi connectivity index (χ2v) is 16.6. The molecule has 0 aliphatic heterocycles. The summed E-state index contributed by atoms with van der Waals surface area (Å²) in [5.41, 5.74) is 0. The molecule has 0 bridgehead atoms. The molecule has 0 fully saturated rings. The van der Waals surface area contributed by atoms with E-state index in [4.69, 9.17) is 0 Å². The van der Waals surface area contributed by atoms with Crippen LogP contribution >= 0.6 is 0 Å². The van der Waals surface area contributed by atoms with Gasteiger partial charge in [0.1, 0.15) is 0 Å². The topological polar surface area (TPSA) is 0 Å². The van der Waals surface area contributed by atoms with E-state index < -0.39 is 0 Å². The van der Waals surface area contributed by atoms with Crippen LogP contribution in [-0.2, 0) is 16.5 Å². The molecule has 0 aliphatic carbocycles. The van der Waals surface area contributed by atoms with E-state index in [0.29, 0.717) is 0 Å². The van der Waals surface area contributed by atoms with Gasteiger partial charge in [0, 0.05) is 0 Å². The Kier molecular flexibility index (Phi) is 62.6. The van der Waals surface area contributed by atoms with Gasteiger partial charge in [0.25, 0.3) is 0 Å². The van der Waals surface area contributed by atoms with Gasteiger partial charge in [-0.15, -0.1) is 0 Å². The molecule has 0 saturated carbocycles. The minimum atomic E-state index is 0. The summed E-state index contributed by atoms with van der Waals surface area (Å²) in [6.07, 6.45) is 66.6. The first-order chi connectivity index (χ1) is 24.8. The molecule has 0 aromatic heterocycles. The summed E-state index contributed by atoms with van der Waals surface area (Å²) >= 11 is 0. The van der Waals surface area contributed by atoms with Crippen LogP contribution in [-0.4, -0.2) is 0 Å². The fourth-order valence-corrected chi connectivity index (χ4v) is 7.57. The van der Waals surface area contributed by atoms with E-state index in [1.54, 1.807) is 0 Å². The van der Waals surface area contributed by atoms with Crippen LogP contribution in [0.2, 0.25) is 0 Å². The first-order valence-corrected chi connectivity index (χ1v) is 24.4. The van der Waals surface area contributed by atoms with Gasteiger partial charge in [-0.2, -0.15) is 12.8 Å². The Balaban J connectivity index is -0.000000886. The SMILES string of the molecule is [CH2-]CCCCCCCCCCCCCCCCCCCCCCCC.[CH2-]CCCCCCCCCCCCCCCCCCCCCCCC.[Ni+2]. The Hall–Kier alpha value is 0.494. The molecule has 0 radical (unpaired) electrons. The van der Waals surface area contributed by atoms with Gasteiger partial charge in [-0.3, -0.25) is 0 Å². The van der Waals surface area contributed by atoms with E-state index in [-0.39, 0.29) is 16.5 Å². The molecule has 51 heavy (non-hydrogen) atoms. The van der Waals surface area contributed by atoms with E-state index in [1.807, 2.05) is 0 Å². The molecule has 0 aromatic rings. The molecule has 0 aromatic carbocycles. The average Bonchev–Trinajstić information content (AvgIpc) is 3.13. The number of hydrogen-bond acceptors (Lipinski definition) is 0. The largest absolute Gasteiger partial charge is 2.00 e. The third kappa shape index (κ3) is 60.0. The van der Waals surface area contributed by atoms with E-state index in [0.717, 1.165) is 12.8 Å². The molecule has 0 spiro atoms. The summed E-state index contributed by atoms with van der Waals surface area (Å²) in [5, 5.41) is 0. The number of hydrogen-bond donors (Lipinski definition) is 0. The second-order valence-electron chi connectivity index (χ2n) is 16.6. The molecule has 0 aliphatic rings. The Morgan fingerprint density at radius 2 is 0.275 bits per heavy atom. The van der Waals surface area contributed by atoms with Crippen molar-refractivity contribution in [2.75, 3.05) is 0 Å². The molecule has 0 rings (SSSR count). The summed E-state index contributed by atoms with van der Waals surface area (Å²) in [4.78, 5) is 0. The first-order valence-electron chi connectivity index (χ1n) is 24.4. The van der Waals surface area contributed by atoms with E-state index >= 15 is 0 Å². The van der Waals surface area contributed by atoms with E-state index in [9.17, 15) is 0 Å². The molecule has 0 heterocycles. The van der Waals surface area contributed by atoms with Gasteiger partial charge in [-0.1, -0.05) is 296 Å². The van der Waals surface area contributed by atoms with Crippen molar-refractivity contribution in [1.29, 1.82) is 0 Å². The van der Waals surface area contributed by atoms with Crippen molar-refractivity contribution < 1.29 is 16.5 Å². The molecule has 0 atom stereocenters. The predicted molar refractivity (Wildman–Crippen MR) is 234 cm³/mol. The number of rotatable bonds is 44. The van der Waals surface area contributed by atoms with Gasteiger partial charge in [-0.25, -0.2) is 0 Å². The van der Waals surface area contributed by atoms with Crippen LogP contribution in [0.4, 0.5) is 0 Å². The maximum absolute atomic E-state index is 3.91. The molecular formula is C50H102Ni. The van der Waals surface area contributed by atoms with Crippen molar-refractivity contribution in [2.45, 2.75) is 309 Å². The van der Waals surface area contributed by atoms with Gasteiger partial charge in [0.15, 0.2) is 0 Å². The van der Waals surface area contributed by atoms with E-state index in [1.165, 1.54) is 283 Å². The van der Waals surface area contributed by atoms with Crippen LogP contribution in [0.25, 0.3) is 0 Å². The molecule has 0 N–H and O–H groups in total. The van der Waals surface area contributed by atoms with Gasteiger partial charge >= 0.3 is 16.5 Å². The zero-order chi connectivity index (χ0) is 36.5. The monoisotopic (exact) mass is 761 g/mol. The maximum atomic E-state index is 3.91. The third-order valence-corrected chi connectivity index (χ3v) is 11.2. The quantitative estimate of drug-likeness (QED) is 0.0330. The number of unbranched alkanes of at least 4 members (excludes halogenated alkanes) is 44. The molecular weight excluding hydrogens is 659 g/mol.